The summed E-state index contributed by atoms with van der Waals surface area (Å²) >= 11 is 0. The molecule has 3 rings (SSSR count). The summed E-state index contributed by atoms with van der Waals surface area (Å²) in [6.07, 6.45) is 2.94. The molecule has 0 spiro atoms. The lowest BCUT2D eigenvalue weighted by molar-refractivity contribution is 0.514. The highest BCUT2D eigenvalue weighted by Gasteiger charge is 2.31. The largest absolute Gasteiger partial charge is 0.357 e. The number of aromatic nitrogens is 2. The van der Waals surface area contributed by atoms with Gasteiger partial charge in [0.1, 0.15) is 0 Å². The highest BCUT2D eigenvalue weighted by atomic mass is 15.1. The monoisotopic (exact) mass is 239 g/mol. The zero-order valence-corrected chi connectivity index (χ0v) is 11.0. The molecule has 1 aliphatic rings. The van der Waals surface area contributed by atoms with Crippen molar-refractivity contribution in [3.8, 4) is 11.3 Å². The first-order chi connectivity index (χ1) is 8.62. The number of nitrogens with one attached hydrogen (secondary N) is 1. The standard InChI is InChI=1S/C15H17N3/c1-15(2)8-10-9-17-14(16-3)18-13(10)11-6-4-5-7-12(11)15/h4-7,9H,8H2,1-3H3,(H,16,17,18). The molecule has 1 heterocycles. The molecule has 0 amide bonds. The lowest BCUT2D eigenvalue weighted by Crippen LogP contribution is -2.26. The Labute approximate surface area is 107 Å². The summed E-state index contributed by atoms with van der Waals surface area (Å²) in [6.45, 7) is 4.56. The third kappa shape index (κ3) is 1.58. The van der Waals surface area contributed by atoms with Crippen LogP contribution in [0.5, 0.6) is 0 Å². The maximum absolute atomic E-state index is 4.62. The Hall–Kier alpha value is -1.90. The van der Waals surface area contributed by atoms with Crippen LogP contribution >= 0.6 is 0 Å². The van der Waals surface area contributed by atoms with Gasteiger partial charge in [-0.15, -0.1) is 0 Å². The Kier molecular flexibility index (Phi) is 2.37. The molecule has 0 unspecified atom stereocenters. The number of fused-ring (bicyclic) bond motifs is 3. The normalized spacial score (nSPS) is 15.7. The lowest BCUT2D eigenvalue weighted by atomic mass is 9.72. The third-order valence-electron chi connectivity index (χ3n) is 3.63. The van der Waals surface area contributed by atoms with Crippen molar-refractivity contribution in [2.75, 3.05) is 12.4 Å². The van der Waals surface area contributed by atoms with E-state index in [4.69, 9.17) is 0 Å². The molecule has 1 aliphatic carbocycles. The van der Waals surface area contributed by atoms with Crippen LogP contribution in [-0.2, 0) is 11.8 Å². The smallest absolute Gasteiger partial charge is 0.222 e. The van der Waals surface area contributed by atoms with Gasteiger partial charge in [0, 0.05) is 18.8 Å². The van der Waals surface area contributed by atoms with Crippen LogP contribution in [0.2, 0.25) is 0 Å². The minimum atomic E-state index is 0.147. The average molecular weight is 239 g/mol. The van der Waals surface area contributed by atoms with E-state index in [-0.39, 0.29) is 5.41 Å². The fourth-order valence-corrected chi connectivity index (χ4v) is 2.74. The van der Waals surface area contributed by atoms with Crippen LogP contribution in [0.4, 0.5) is 5.95 Å². The van der Waals surface area contributed by atoms with Gasteiger partial charge in [-0.3, -0.25) is 0 Å². The van der Waals surface area contributed by atoms with Crippen molar-refractivity contribution in [2.45, 2.75) is 25.7 Å². The number of hydrogen-bond acceptors (Lipinski definition) is 3. The van der Waals surface area contributed by atoms with Gasteiger partial charge in [0.2, 0.25) is 5.95 Å². The maximum atomic E-state index is 4.62. The highest BCUT2D eigenvalue weighted by molar-refractivity contribution is 5.72. The zero-order valence-electron chi connectivity index (χ0n) is 11.0. The molecule has 1 aromatic carbocycles. The Morgan fingerprint density at radius 2 is 2.00 bits per heavy atom. The molecule has 0 atom stereocenters. The fourth-order valence-electron chi connectivity index (χ4n) is 2.74. The summed E-state index contributed by atoms with van der Waals surface area (Å²) in [4.78, 5) is 8.94. The number of rotatable bonds is 1. The van der Waals surface area contributed by atoms with Gasteiger partial charge in [-0.25, -0.2) is 9.97 Å². The summed E-state index contributed by atoms with van der Waals surface area (Å²) in [7, 11) is 1.85. The quantitative estimate of drug-likeness (QED) is 0.831. The number of anilines is 1. The minimum Gasteiger partial charge on any atom is -0.357 e. The molecule has 0 fully saturated rings. The summed E-state index contributed by atoms with van der Waals surface area (Å²) in [5.41, 5.74) is 5.07. The lowest BCUT2D eigenvalue weighted by Gasteiger charge is -2.33. The van der Waals surface area contributed by atoms with Gasteiger partial charge < -0.3 is 5.32 Å². The second-order valence-electron chi connectivity index (χ2n) is 5.42. The molecule has 2 aromatic rings. The van der Waals surface area contributed by atoms with Gasteiger partial charge in [-0.05, 0) is 23.0 Å². The van der Waals surface area contributed by atoms with Crippen molar-refractivity contribution < 1.29 is 0 Å². The van der Waals surface area contributed by atoms with E-state index in [1.54, 1.807) is 0 Å². The molecular formula is C15H17N3. The van der Waals surface area contributed by atoms with E-state index >= 15 is 0 Å². The maximum Gasteiger partial charge on any atom is 0.222 e. The van der Waals surface area contributed by atoms with Crippen molar-refractivity contribution >= 4 is 5.95 Å². The van der Waals surface area contributed by atoms with Crippen molar-refractivity contribution in [1.29, 1.82) is 0 Å². The number of nitrogens with zero attached hydrogens (tertiary/aromatic N) is 2. The Morgan fingerprint density at radius 3 is 2.78 bits per heavy atom. The molecule has 3 heteroatoms. The molecule has 1 N–H and O–H groups in total. The van der Waals surface area contributed by atoms with E-state index in [0.29, 0.717) is 5.95 Å². The topological polar surface area (TPSA) is 37.8 Å². The van der Waals surface area contributed by atoms with Gasteiger partial charge in [0.05, 0.1) is 5.69 Å². The molecule has 0 saturated heterocycles. The zero-order chi connectivity index (χ0) is 12.8. The number of benzene rings is 1. The summed E-state index contributed by atoms with van der Waals surface area (Å²) in [5, 5.41) is 3.01. The van der Waals surface area contributed by atoms with Crippen molar-refractivity contribution in [3.05, 3.63) is 41.6 Å². The van der Waals surface area contributed by atoms with Gasteiger partial charge in [-0.2, -0.15) is 0 Å². The second-order valence-corrected chi connectivity index (χ2v) is 5.42. The first-order valence-electron chi connectivity index (χ1n) is 6.25. The van der Waals surface area contributed by atoms with Crippen LogP contribution in [0.25, 0.3) is 11.3 Å². The first kappa shape index (κ1) is 11.2. The number of hydrogen-bond donors (Lipinski definition) is 1. The SMILES string of the molecule is CNc1ncc2c(n1)-c1ccccc1C(C)(C)C2. The molecular weight excluding hydrogens is 222 g/mol. The Morgan fingerprint density at radius 1 is 1.22 bits per heavy atom. The predicted octanol–water partition coefficient (Wildman–Crippen LogP) is 3.02. The molecule has 0 bridgehead atoms. The average Bonchev–Trinajstić information content (AvgIpc) is 2.38. The molecule has 18 heavy (non-hydrogen) atoms. The van der Waals surface area contributed by atoms with Crippen LogP contribution in [0.15, 0.2) is 30.5 Å². The van der Waals surface area contributed by atoms with Crippen LogP contribution < -0.4 is 5.32 Å². The second kappa shape index (κ2) is 3.80. The first-order valence-corrected chi connectivity index (χ1v) is 6.25. The molecule has 3 nitrogen and oxygen atoms in total. The van der Waals surface area contributed by atoms with Crippen LogP contribution in [0, 0.1) is 0 Å². The molecule has 0 saturated carbocycles. The van der Waals surface area contributed by atoms with Gasteiger partial charge >= 0.3 is 0 Å². The third-order valence-corrected chi connectivity index (χ3v) is 3.63. The van der Waals surface area contributed by atoms with Gasteiger partial charge in [0.25, 0.3) is 0 Å². The van der Waals surface area contributed by atoms with Gasteiger partial charge in [-0.1, -0.05) is 38.1 Å². The minimum absolute atomic E-state index is 0.147. The molecule has 0 aliphatic heterocycles. The van der Waals surface area contributed by atoms with Gasteiger partial charge in [0.15, 0.2) is 0 Å². The predicted molar refractivity (Wildman–Crippen MR) is 73.7 cm³/mol. The summed E-state index contributed by atoms with van der Waals surface area (Å²) in [6, 6.07) is 8.54. The molecule has 1 aromatic heterocycles. The fraction of sp³-hybridized carbons (Fsp3) is 0.333. The summed E-state index contributed by atoms with van der Waals surface area (Å²) < 4.78 is 0. The molecule has 92 valence electrons. The van der Waals surface area contributed by atoms with E-state index in [0.717, 1.165) is 12.1 Å². The van der Waals surface area contributed by atoms with Crippen LogP contribution in [-0.4, -0.2) is 17.0 Å². The van der Waals surface area contributed by atoms with Crippen molar-refractivity contribution in [3.63, 3.8) is 0 Å². The van der Waals surface area contributed by atoms with E-state index in [2.05, 4.69) is 53.4 Å². The highest BCUT2D eigenvalue weighted by Crippen LogP contribution is 2.41. The van der Waals surface area contributed by atoms with E-state index in [1.807, 2.05) is 13.2 Å². The van der Waals surface area contributed by atoms with Crippen LogP contribution in [0.3, 0.4) is 0 Å². The Balaban J connectivity index is 2.27. The Bertz CT molecular complexity index is 602. The van der Waals surface area contributed by atoms with E-state index in [9.17, 15) is 0 Å². The summed E-state index contributed by atoms with van der Waals surface area (Å²) in [5.74, 6) is 0.684. The van der Waals surface area contributed by atoms with E-state index < -0.39 is 0 Å². The molecule has 0 radical (unpaired) electrons. The van der Waals surface area contributed by atoms with Crippen molar-refractivity contribution in [1.82, 2.24) is 9.97 Å². The van der Waals surface area contributed by atoms with Crippen molar-refractivity contribution in [2.24, 2.45) is 0 Å². The van der Waals surface area contributed by atoms with E-state index in [1.165, 1.54) is 16.7 Å². The van der Waals surface area contributed by atoms with Crippen LogP contribution in [0.1, 0.15) is 25.0 Å².